The number of fused-ring (bicyclic) bond motifs is 6. The van der Waals surface area contributed by atoms with Gasteiger partial charge in [-0.25, -0.2) is 22.0 Å². The van der Waals surface area contributed by atoms with Crippen molar-refractivity contribution in [2.45, 2.75) is 76.3 Å². The summed E-state index contributed by atoms with van der Waals surface area (Å²) in [7, 11) is -24.5. The van der Waals surface area contributed by atoms with Crippen molar-refractivity contribution < 1.29 is 69.7 Å². The van der Waals surface area contributed by atoms with Gasteiger partial charge in [0.2, 0.25) is 15.2 Å². The van der Waals surface area contributed by atoms with E-state index in [2.05, 4.69) is 20.5 Å². The fraction of sp³-hybridized carbons (Fsp3) is 0.222. The monoisotopic (exact) mass is 1110 g/mol. The second kappa shape index (κ2) is 18.0. The van der Waals surface area contributed by atoms with Crippen molar-refractivity contribution >= 4 is 117 Å². The summed E-state index contributed by atoms with van der Waals surface area (Å²) in [5.74, 6) is -0.720. The predicted octanol–water partition coefficient (Wildman–Crippen LogP) is 5.52. The highest BCUT2D eigenvalue weighted by molar-refractivity contribution is 7.91. The van der Waals surface area contributed by atoms with Gasteiger partial charge in [-0.3, -0.25) is 28.8 Å². The minimum Gasteiger partial charge on any atom is -0.744 e. The zero-order chi connectivity index (χ0) is 53.8. The van der Waals surface area contributed by atoms with E-state index in [4.69, 9.17) is 5.14 Å². The third-order valence-electron chi connectivity index (χ3n) is 12.6. The number of rotatable bonds is 13. The summed E-state index contributed by atoms with van der Waals surface area (Å²) in [4.78, 5) is 16.7. The highest BCUT2D eigenvalue weighted by Gasteiger charge is 2.46. The van der Waals surface area contributed by atoms with E-state index in [1.54, 1.807) is 50.3 Å². The summed E-state index contributed by atoms with van der Waals surface area (Å²) >= 11 is 0.533. The van der Waals surface area contributed by atoms with E-state index >= 15 is 0 Å². The summed E-state index contributed by atoms with van der Waals surface area (Å²) in [6.07, 6.45) is 8.18. The Morgan fingerprint density at radius 1 is 0.781 bits per heavy atom. The Hall–Kier alpha value is -6.18. The number of carbonyl (C=O) groups is 1. The molecule has 1 amide bonds. The van der Waals surface area contributed by atoms with Crippen LogP contribution in [0.2, 0.25) is 0 Å². The fourth-order valence-electron chi connectivity index (χ4n) is 9.48. The first kappa shape index (κ1) is 53.1. The Morgan fingerprint density at radius 3 is 1.92 bits per heavy atom. The molecule has 2 aromatic heterocycles. The van der Waals surface area contributed by atoms with Crippen LogP contribution in [0.5, 0.6) is 0 Å². The first-order chi connectivity index (χ1) is 33.7. The number of nitrogens with one attached hydrogen (secondary N) is 1. The number of pyridine rings is 1. The first-order valence-corrected chi connectivity index (χ1v) is 29.6. The Bertz CT molecular complexity index is 4130. The Kier molecular flexibility index (Phi) is 13.1. The number of nitrogens with zero attached hydrogens (tertiary/aromatic N) is 5. The van der Waals surface area contributed by atoms with Gasteiger partial charge >= 0.3 is 0 Å². The molecule has 0 saturated carbocycles. The SMILES string of the molecule is CCN1/C(=C/C=C(/C=C/C2=[N+](CC)c3ccc4c(S(=O)(=O)[O-])cc(S(=O)(=O)O)cc4c3C2(C)C)c2ccc(C(=O)Nc3nnc(S(N)(=O)=O)s3)cn2)C(C)(C)c2c1ccc1c(S(=O)(=O)O)cc(S(=O)(=O)O)cc21. The van der Waals surface area contributed by atoms with Crippen molar-refractivity contribution in [1.82, 2.24) is 15.2 Å². The number of amides is 1. The number of allylic oxidation sites excluding steroid dienone is 6. The molecule has 22 nitrogen and oxygen atoms in total. The van der Waals surface area contributed by atoms with Crippen molar-refractivity contribution in [1.29, 1.82) is 0 Å². The van der Waals surface area contributed by atoms with Crippen LogP contribution in [0.1, 0.15) is 68.7 Å². The van der Waals surface area contributed by atoms with Gasteiger partial charge in [0.05, 0.1) is 31.4 Å². The molecule has 28 heteroatoms. The lowest BCUT2D eigenvalue weighted by molar-refractivity contribution is -0.433. The second-order valence-corrected chi connectivity index (χ2v) is 26.1. The van der Waals surface area contributed by atoms with E-state index in [0.29, 0.717) is 81.7 Å². The minimum absolute atomic E-state index is 0.00645. The first-order valence-electron chi connectivity index (χ1n) is 21.5. The lowest BCUT2D eigenvalue weighted by Crippen LogP contribution is -2.28. The number of aromatic nitrogens is 3. The van der Waals surface area contributed by atoms with Crippen LogP contribution in [0.3, 0.4) is 0 Å². The average Bonchev–Trinajstić information content (AvgIpc) is 3.92. The van der Waals surface area contributed by atoms with Crippen LogP contribution in [-0.2, 0) is 61.3 Å². The molecule has 0 bridgehead atoms. The summed E-state index contributed by atoms with van der Waals surface area (Å²) in [6.45, 7) is 11.6. The highest BCUT2D eigenvalue weighted by Crippen LogP contribution is 2.52. The maximum atomic E-state index is 13.3. The fourth-order valence-corrected chi connectivity index (χ4v) is 13.5. The maximum absolute atomic E-state index is 13.3. The normalized spacial score (nSPS) is 16.8. The Balaban J connectivity index is 1.30. The Labute approximate surface area is 423 Å². The number of anilines is 2. The lowest BCUT2D eigenvalue weighted by atomic mass is 9.79. The quantitative estimate of drug-likeness (QED) is 0.0411. The molecule has 2 aliphatic rings. The van der Waals surface area contributed by atoms with Gasteiger partial charge in [0, 0.05) is 63.6 Å². The molecule has 0 atom stereocenters. The lowest BCUT2D eigenvalue weighted by Gasteiger charge is -2.26. The van der Waals surface area contributed by atoms with Gasteiger partial charge in [-0.2, -0.15) is 29.8 Å². The van der Waals surface area contributed by atoms with Crippen LogP contribution in [0.15, 0.2) is 121 Å². The molecular weight excluding hydrogens is 1070 g/mol. The number of benzene rings is 4. The number of likely N-dealkylation sites (N-methyl/N-ethyl adjacent to an activating group) is 1. The van der Waals surface area contributed by atoms with Gasteiger partial charge in [0.1, 0.15) is 21.6 Å². The largest absolute Gasteiger partial charge is 0.744 e. The predicted molar refractivity (Wildman–Crippen MR) is 269 cm³/mol. The molecule has 384 valence electrons. The van der Waals surface area contributed by atoms with Gasteiger partial charge in [-0.15, -0.1) is 10.2 Å². The van der Waals surface area contributed by atoms with E-state index in [-0.39, 0.29) is 32.2 Å². The molecule has 0 unspecified atom stereocenters. The third-order valence-corrected chi connectivity index (χ3v) is 18.2. The topological polar surface area (TPSA) is 354 Å². The summed E-state index contributed by atoms with van der Waals surface area (Å²) in [6, 6.07) is 12.6. The van der Waals surface area contributed by atoms with E-state index in [9.17, 15) is 65.1 Å². The number of sulfonamides is 1. The molecule has 0 radical (unpaired) electrons. The molecule has 0 saturated heterocycles. The molecular formula is C45H43N7O15S6. The van der Waals surface area contributed by atoms with Crippen LogP contribution >= 0.6 is 11.3 Å². The van der Waals surface area contributed by atoms with Gasteiger partial charge in [0.25, 0.3) is 46.3 Å². The average molecular weight is 1110 g/mol. The number of primary sulfonamides is 1. The molecule has 4 aromatic carbocycles. The van der Waals surface area contributed by atoms with E-state index in [1.807, 2.05) is 37.2 Å². The molecule has 73 heavy (non-hydrogen) atoms. The summed E-state index contributed by atoms with van der Waals surface area (Å²) in [5, 5.41) is 14.7. The van der Waals surface area contributed by atoms with Gasteiger partial charge in [-0.1, -0.05) is 37.3 Å². The van der Waals surface area contributed by atoms with Crippen LogP contribution in [0.4, 0.5) is 16.5 Å². The minimum atomic E-state index is -5.26. The van der Waals surface area contributed by atoms with Crippen molar-refractivity contribution in [3.63, 3.8) is 0 Å². The molecule has 0 spiro atoms. The number of carbonyl (C=O) groups excluding carboxylic acids is 1. The molecule has 4 heterocycles. The maximum Gasteiger partial charge on any atom is 0.295 e. The third kappa shape index (κ3) is 9.63. The van der Waals surface area contributed by atoms with E-state index < -0.39 is 91.2 Å². The molecule has 0 aliphatic carbocycles. The summed E-state index contributed by atoms with van der Waals surface area (Å²) < 4.78 is 168. The zero-order valence-corrected chi connectivity index (χ0v) is 44.0. The van der Waals surface area contributed by atoms with E-state index in [0.717, 1.165) is 12.1 Å². The zero-order valence-electron chi connectivity index (χ0n) is 39.1. The molecule has 2 aliphatic heterocycles. The van der Waals surface area contributed by atoms with Gasteiger partial charge in [-0.05, 0) is 105 Å². The van der Waals surface area contributed by atoms with Crippen molar-refractivity contribution in [2.24, 2.45) is 5.14 Å². The van der Waals surface area contributed by atoms with Crippen LogP contribution in [0.25, 0.3) is 27.1 Å². The highest BCUT2D eigenvalue weighted by atomic mass is 32.3. The van der Waals surface area contributed by atoms with Crippen LogP contribution < -0.4 is 15.4 Å². The number of nitrogens with two attached hydrogens (primary N) is 1. The summed E-state index contributed by atoms with van der Waals surface area (Å²) in [5.41, 5.74) is 1.84. The number of hydrogen-bond acceptors (Lipinski definition) is 17. The molecule has 6 N–H and O–H groups in total. The van der Waals surface area contributed by atoms with E-state index in [1.165, 1.54) is 30.5 Å². The molecule has 6 aromatic rings. The smallest absolute Gasteiger partial charge is 0.295 e. The van der Waals surface area contributed by atoms with Gasteiger partial charge in [0.15, 0.2) is 5.71 Å². The van der Waals surface area contributed by atoms with Crippen molar-refractivity contribution in [3.8, 4) is 0 Å². The second-order valence-electron chi connectivity index (χ2n) is 17.8. The van der Waals surface area contributed by atoms with Crippen molar-refractivity contribution in [2.75, 3.05) is 23.3 Å². The number of hydrogen-bond donors (Lipinski definition) is 5. The van der Waals surface area contributed by atoms with Crippen LogP contribution in [0, 0.1) is 0 Å². The van der Waals surface area contributed by atoms with Gasteiger partial charge < -0.3 is 9.45 Å². The standard InChI is InChI=1S/C45H43N7O15S6/c1-7-51-33-15-12-28-30(19-26(70(56,57)58)21-35(28)72(62,63)64)39(33)44(3,4)37(51)17-10-24(32-14-9-25(23-47-32)41(53)48-42-49-50-43(68-42)69(46,54)55)11-18-38-45(5,6)40-31-20-27(71(59,60)61)22-36(73(65,66)67)29(31)13-16-34(40)52(38)8-2/h9-23H,7-8H2,1-6H3,(H6-,46,48,49,53,54,55,56,57,58,59,60,61,62,63,64,65,66,67). The molecule has 8 rings (SSSR count). The van der Waals surface area contributed by atoms with Crippen LogP contribution in [-0.4, -0.2) is 105 Å². The Morgan fingerprint density at radius 2 is 1.38 bits per heavy atom. The molecule has 0 fully saturated rings. The van der Waals surface area contributed by atoms with Crippen molar-refractivity contribution in [3.05, 3.63) is 119 Å².